The molecule has 0 spiro atoms. The van der Waals surface area contributed by atoms with Crippen LogP contribution in [-0.2, 0) is 17.8 Å². The average Bonchev–Trinajstić information content (AvgIpc) is 3.06. The minimum atomic E-state index is -0.123. The predicted octanol–water partition coefficient (Wildman–Crippen LogP) is 1.55. The highest BCUT2D eigenvalue weighted by atomic mass is 16.2. The Balaban J connectivity index is 1.58. The van der Waals surface area contributed by atoms with E-state index >= 15 is 0 Å². The molecular weight excluding hydrogens is 278 g/mol. The van der Waals surface area contributed by atoms with Crippen LogP contribution in [0.4, 0.5) is 0 Å². The second-order valence-electron chi connectivity index (χ2n) is 7.13. The summed E-state index contributed by atoms with van der Waals surface area (Å²) in [6.07, 6.45) is 5.11. The zero-order valence-corrected chi connectivity index (χ0v) is 13.1. The van der Waals surface area contributed by atoms with E-state index < -0.39 is 0 Å². The summed E-state index contributed by atoms with van der Waals surface area (Å²) >= 11 is 0. The van der Waals surface area contributed by atoms with Crippen LogP contribution in [0.15, 0.2) is 10.9 Å². The fourth-order valence-electron chi connectivity index (χ4n) is 4.08. The van der Waals surface area contributed by atoms with Crippen molar-refractivity contribution in [3.05, 3.63) is 27.9 Å². The van der Waals surface area contributed by atoms with Crippen molar-refractivity contribution in [2.75, 3.05) is 13.1 Å². The first-order valence-electron chi connectivity index (χ1n) is 8.53. The van der Waals surface area contributed by atoms with E-state index in [0.717, 1.165) is 63.3 Å². The largest absolute Gasteiger partial charge is 0.342 e. The quantitative estimate of drug-likeness (QED) is 0.833. The Labute approximate surface area is 130 Å². The third-order valence-electron chi connectivity index (χ3n) is 5.49. The van der Waals surface area contributed by atoms with Gasteiger partial charge in [0.15, 0.2) is 0 Å². The minimum absolute atomic E-state index is 0.123. The molecule has 1 aromatic heterocycles. The highest BCUT2D eigenvalue weighted by Gasteiger charge is 2.42. The Morgan fingerprint density at radius 3 is 2.91 bits per heavy atom. The lowest BCUT2D eigenvalue weighted by molar-refractivity contribution is -0.134. The molecule has 118 valence electrons. The molecule has 3 heterocycles. The Hall–Kier alpha value is -1.65. The third kappa shape index (κ3) is 2.36. The third-order valence-corrected chi connectivity index (χ3v) is 5.49. The van der Waals surface area contributed by atoms with E-state index in [1.165, 1.54) is 0 Å². The maximum atomic E-state index is 12.5. The fraction of sp³-hybridized carbons (Fsp3) is 0.706. The lowest BCUT2D eigenvalue weighted by atomic mass is 9.93. The van der Waals surface area contributed by atoms with Gasteiger partial charge in [0, 0.05) is 49.7 Å². The summed E-state index contributed by atoms with van der Waals surface area (Å²) in [4.78, 5) is 30.5. The van der Waals surface area contributed by atoms with Gasteiger partial charge in [0.25, 0.3) is 5.56 Å². The monoisotopic (exact) mass is 301 g/mol. The number of aryl methyl sites for hydroxylation is 1. The van der Waals surface area contributed by atoms with Crippen molar-refractivity contribution in [3.63, 3.8) is 0 Å². The molecule has 2 fully saturated rings. The number of hydrogen-bond acceptors (Lipinski definition) is 3. The second kappa shape index (κ2) is 5.21. The summed E-state index contributed by atoms with van der Waals surface area (Å²) in [6, 6.07) is 1.70. The molecule has 2 aliphatic heterocycles. The van der Waals surface area contributed by atoms with Crippen LogP contribution in [0.3, 0.4) is 0 Å². The molecule has 22 heavy (non-hydrogen) atoms. The SMILES string of the molecule is CC1CC1C(=O)N1CCCC(c2cc(=O)nc3n2CCC3)C1. The Bertz CT molecular complexity index is 666. The van der Waals surface area contributed by atoms with Crippen molar-refractivity contribution < 1.29 is 4.79 Å². The van der Waals surface area contributed by atoms with Crippen molar-refractivity contribution in [2.45, 2.75) is 51.5 Å². The van der Waals surface area contributed by atoms with Crippen molar-refractivity contribution in [1.29, 1.82) is 0 Å². The number of carbonyl (C=O) groups excluding carboxylic acids is 1. The van der Waals surface area contributed by atoms with Crippen molar-refractivity contribution in [2.24, 2.45) is 11.8 Å². The molecule has 0 bridgehead atoms. The van der Waals surface area contributed by atoms with Gasteiger partial charge in [-0.3, -0.25) is 9.59 Å². The molecule has 1 saturated carbocycles. The van der Waals surface area contributed by atoms with Crippen LogP contribution in [-0.4, -0.2) is 33.4 Å². The smallest absolute Gasteiger partial charge is 0.273 e. The highest BCUT2D eigenvalue weighted by molar-refractivity contribution is 5.81. The van der Waals surface area contributed by atoms with Gasteiger partial charge in [0.1, 0.15) is 5.82 Å². The first kappa shape index (κ1) is 14.0. The molecule has 3 unspecified atom stereocenters. The normalized spacial score (nSPS) is 30.2. The van der Waals surface area contributed by atoms with Crippen LogP contribution in [0, 0.1) is 11.8 Å². The zero-order chi connectivity index (χ0) is 15.3. The Kier molecular flexibility index (Phi) is 3.31. The van der Waals surface area contributed by atoms with Gasteiger partial charge in [-0.1, -0.05) is 6.92 Å². The van der Waals surface area contributed by atoms with Crippen LogP contribution in [0.25, 0.3) is 0 Å². The number of amides is 1. The molecule has 1 saturated heterocycles. The molecule has 3 aliphatic rings. The first-order chi connectivity index (χ1) is 10.6. The molecule has 0 aromatic carbocycles. The molecule has 5 nitrogen and oxygen atoms in total. The van der Waals surface area contributed by atoms with Crippen molar-refractivity contribution in [1.82, 2.24) is 14.5 Å². The standard InChI is InChI=1S/C17H23N3O2/c1-11-8-13(11)17(22)19-6-2-4-12(10-19)14-9-16(21)18-15-5-3-7-20(14)15/h9,11-13H,2-8,10H2,1H3. The lowest BCUT2D eigenvalue weighted by Gasteiger charge is -2.34. The van der Waals surface area contributed by atoms with E-state index in [1.807, 2.05) is 4.90 Å². The molecule has 1 aliphatic carbocycles. The van der Waals surface area contributed by atoms with Crippen LogP contribution in [0.5, 0.6) is 0 Å². The van der Waals surface area contributed by atoms with Gasteiger partial charge >= 0.3 is 0 Å². The number of likely N-dealkylation sites (tertiary alicyclic amines) is 1. The number of carbonyl (C=O) groups is 1. The Morgan fingerprint density at radius 2 is 2.14 bits per heavy atom. The van der Waals surface area contributed by atoms with E-state index in [4.69, 9.17) is 0 Å². The van der Waals surface area contributed by atoms with E-state index in [2.05, 4.69) is 16.5 Å². The number of aromatic nitrogens is 2. The van der Waals surface area contributed by atoms with Gasteiger partial charge < -0.3 is 9.47 Å². The van der Waals surface area contributed by atoms with Crippen LogP contribution < -0.4 is 5.56 Å². The molecule has 5 heteroatoms. The maximum Gasteiger partial charge on any atom is 0.273 e. The molecule has 0 radical (unpaired) electrons. The number of rotatable bonds is 2. The van der Waals surface area contributed by atoms with Crippen LogP contribution >= 0.6 is 0 Å². The fourth-order valence-corrected chi connectivity index (χ4v) is 4.08. The number of fused-ring (bicyclic) bond motifs is 1. The molecule has 1 aromatic rings. The van der Waals surface area contributed by atoms with E-state index in [-0.39, 0.29) is 11.5 Å². The van der Waals surface area contributed by atoms with Gasteiger partial charge in [0.05, 0.1) is 0 Å². The van der Waals surface area contributed by atoms with Gasteiger partial charge in [-0.2, -0.15) is 4.98 Å². The topological polar surface area (TPSA) is 55.2 Å². The Morgan fingerprint density at radius 1 is 1.32 bits per heavy atom. The van der Waals surface area contributed by atoms with Gasteiger partial charge in [0.2, 0.25) is 5.91 Å². The lowest BCUT2D eigenvalue weighted by Crippen LogP contribution is -2.41. The summed E-state index contributed by atoms with van der Waals surface area (Å²) in [5.74, 6) is 2.36. The minimum Gasteiger partial charge on any atom is -0.342 e. The van der Waals surface area contributed by atoms with Gasteiger partial charge in [-0.25, -0.2) is 0 Å². The van der Waals surface area contributed by atoms with Crippen LogP contribution in [0.1, 0.15) is 50.0 Å². The highest BCUT2D eigenvalue weighted by Crippen LogP contribution is 2.40. The molecule has 0 N–H and O–H groups in total. The van der Waals surface area contributed by atoms with E-state index in [0.29, 0.717) is 17.7 Å². The summed E-state index contributed by atoms with van der Waals surface area (Å²) in [6.45, 7) is 4.76. The van der Waals surface area contributed by atoms with Crippen molar-refractivity contribution in [3.8, 4) is 0 Å². The number of piperidine rings is 1. The summed E-state index contributed by atoms with van der Waals surface area (Å²) in [7, 11) is 0. The first-order valence-corrected chi connectivity index (χ1v) is 8.53. The summed E-state index contributed by atoms with van der Waals surface area (Å²) in [5, 5.41) is 0. The van der Waals surface area contributed by atoms with E-state index in [9.17, 15) is 9.59 Å². The van der Waals surface area contributed by atoms with E-state index in [1.54, 1.807) is 6.07 Å². The molecule has 3 atom stereocenters. The predicted molar refractivity (Wildman–Crippen MR) is 82.6 cm³/mol. The van der Waals surface area contributed by atoms with Gasteiger partial charge in [-0.15, -0.1) is 0 Å². The number of nitrogens with zero attached hydrogens (tertiary/aromatic N) is 3. The van der Waals surface area contributed by atoms with Crippen molar-refractivity contribution >= 4 is 5.91 Å². The zero-order valence-electron chi connectivity index (χ0n) is 13.1. The average molecular weight is 301 g/mol. The summed E-state index contributed by atoms with van der Waals surface area (Å²) < 4.78 is 2.22. The number of hydrogen-bond donors (Lipinski definition) is 0. The molecule has 1 amide bonds. The molecule has 4 rings (SSSR count). The second-order valence-corrected chi connectivity index (χ2v) is 7.13. The van der Waals surface area contributed by atoms with Crippen LogP contribution in [0.2, 0.25) is 0 Å². The van der Waals surface area contributed by atoms with Gasteiger partial charge in [-0.05, 0) is 31.6 Å². The maximum absolute atomic E-state index is 12.5. The molecular formula is C17H23N3O2. The summed E-state index contributed by atoms with van der Waals surface area (Å²) in [5.41, 5.74) is 0.983.